The van der Waals surface area contributed by atoms with Crippen LogP contribution in [0, 0.1) is 11.3 Å². The van der Waals surface area contributed by atoms with Crippen molar-refractivity contribution in [3.8, 4) is 0 Å². The highest BCUT2D eigenvalue weighted by Crippen LogP contribution is 2.38. The summed E-state index contributed by atoms with van der Waals surface area (Å²) in [5.41, 5.74) is 0.201. The van der Waals surface area contributed by atoms with Crippen molar-refractivity contribution < 1.29 is 14.7 Å². The Morgan fingerprint density at radius 3 is 2.56 bits per heavy atom. The molecule has 0 saturated heterocycles. The summed E-state index contributed by atoms with van der Waals surface area (Å²) in [5, 5.41) is 11.3. The number of nitrogens with one attached hydrogen (secondary N) is 1. The molecule has 1 aliphatic rings. The topological polar surface area (TPSA) is 66.4 Å². The largest absolute Gasteiger partial charge is 0.480 e. The maximum atomic E-state index is 11.8. The van der Waals surface area contributed by atoms with E-state index in [4.69, 9.17) is 5.11 Å². The summed E-state index contributed by atoms with van der Waals surface area (Å²) < 4.78 is 0. The molecule has 0 spiro atoms. The molecule has 0 aromatic carbocycles. The summed E-state index contributed by atoms with van der Waals surface area (Å²) in [6.45, 7) is 5.81. The van der Waals surface area contributed by atoms with Gasteiger partial charge in [0.25, 0.3) is 0 Å². The fraction of sp³-hybridized carbons (Fsp3) is 0.833. The number of aliphatic carboxylic acids is 1. The van der Waals surface area contributed by atoms with E-state index in [-0.39, 0.29) is 17.2 Å². The Kier molecular flexibility index (Phi) is 3.94. The lowest BCUT2D eigenvalue weighted by molar-refractivity contribution is -0.142. The number of hydrogen-bond donors (Lipinski definition) is 2. The van der Waals surface area contributed by atoms with Crippen molar-refractivity contribution in [2.24, 2.45) is 11.3 Å². The van der Waals surface area contributed by atoms with Crippen LogP contribution in [0.2, 0.25) is 0 Å². The molecule has 0 bridgehead atoms. The van der Waals surface area contributed by atoms with Crippen LogP contribution in [-0.4, -0.2) is 23.0 Å². The highest BCUT2D eigenvalue weighted by atomic mass is 16.4. The highest BCUT2D eigenvalue weighted by Gasteiger charge is 2.32. The molecular weight excluding hydrogens is 206 g/mol. The van der Waals surface area contributed by atoms with Gasteiger partial charge in [-0.2, -0.15) is 0 Å². The van der Waals surface area contributed by atoms with Gasteiger partial charge >= 0.3 is 5.97 Å². The molecule has 1 aliphatic carbocycles. The van der Waals surface area contributed by atoms with Crippen molar-refractivity contribution in [2.45, 2.75) is 52.5 Å². The van der Waals surface area contributed by atoms with Crippen LogP contribution in [0.25, 0.3) is 0 Å². The number of rotatable bonds is 3. The summed E-state index contributed by atoms with van der Waals surface area (Å²) >= 11 is 0. The van der Waals surface area contributed by atoms with Crippen LogP contribution in [0.15, 0.2) is 0 Å². The minimum atomic E-state index is -0.983. The summed E-state index contributed by atoms with van der Waals surface area (Å²) in [7, 11) is 0. The molecule has 92 valence electrons. The van der Waals surface area contributed by atoms with E-state index in [2.05, 4.69) is 19.2 Å². The molecule has 4 heteroatoms. The lowest BCUT2D eigenvalue weighted by Gasteiger charge is -2.34. The van der Waals surface area contributed by atoms with Crippen LogP contribution in [-0.2, 0) is 9.59 Å². The fourth-order valence-corrected chi connectivity index (χ4v) is 2.31. The van der Waals surface area contributed by atoms with Crippen molar-refractivity contribution >= 4 is 11.9 Å². The van der Waals surface area contributed by atoms with Crippen molar-refractivity contribution in [1.29, 1.82) is 0 Å². The monoisotopic (exact) mass is 227 g/mol. The SMILES string of the molecule is C[C@@H](NC(=O)C1CCCC(C)(C)C1)C(=O)O. The normalized spacial score (nSPS) is 25.8. The van der Waals surface area contributed by atoms with E-state index in [1.807, 2.05) is 0 Å². The molecule has 1 unspecified atom stereocenters. The molecular formula is C12H21NO3. The Balaban J connectivity index is 2.51. The molecule has 0 aromatic rings. The molecule has 0 radical (unpaired) electrons. The lowest BCUT2D eigenvalue weighted by atomic mass is 9.72. The van der Waals surface area contributed by atoms with Crippen LogP contribution in [0.3, 0.4) is 0 Å². The molecule has 16 heavy (non-hydrogen) atoms. The van der Waals surface area contributed by atoms with E-state index in [0.717, 1.165) is 25.7 Å². The first-order valence-corrected chi connectivity index (χ1v) is 5.85. The predicted molar refractivity (Wildman–Crippen MR) is 61.0 cm³/mol. The van der Waals surface area contributed by atoms with Crippen molar-refractivity contribution in [1.82, 2.24) is 5.32 Å². The number of carboxylic acids is 1. The fourth-order valence-electron chi connectivity index (χ4n) is 2.31. The molecule has 1 saturated carbocycles. The Morgan fingerprint density at radius 2 is 2.06 bits per heavy atom. The molecule has 0 heterocycles. The van der Waals surface area contributed by atoms with Gasteiger partial charge in [0, 0.05) is 5.92 Å². The van der Waals surface area contributed by atoms with Crippen LogP contribution in [0.1, 0.15) is 46.5 Å². The first kappa shape index (κ1) is 13.0. The van der Waals surface area contributed by atoms with E-state index >= 15 is 0 Å². The summed E-state index contributed by atoms with van der Waals surface area (Å²) in [6.07, 6.45) is 3.92. The van der Waals surface area contributed by atoms with Crippen molar-refractivity contribution in [2.75, 3.05) is 0 Å². The number of hydrogen-bond acceptors (Lipinski definition) is 2. The molecule has 0 aromatic heterocycles. The van der Waals surface area contributed by atoms with Gasteiger partial charge in [-0.15, -0.1) is 0 Å². The first-order valence-electron chi connectivity index (χ1n) is 5.85. The Bertz CT molecular complexity index is 286. The van der Waals surface area contributed by atoms with Crippen molar-refractivity contribution in [3.63, 3.8) is 0 Å². The molecule has 0 aliphatic heterocycles. The predicted octanol–water partition coefficient (Wildman–Crippen LogP) is 1.79. The first-order chi connectivity index (χ1) is 7.32. The number of carbonyl (C=O) groups excluding carboxylic acids is 1. The van der Waals surface area contributed by atoms with Gasteiger partial charge in [0.05, 0.1) is 0 Å². The van der Waals surface area contributed by atoms with Crippen LogP contribution in [0.5, 0.6) is 0 Å². The average Bonchev–Trinajstić information content (AvgIpc) is 2.15. The van der Waals surface area contributed by atoms with Crippen LogP contribution < -0.4 is 5.32 Å². The van der Waals surface area contributed by atoms with E-state index in [0.29, 0.717) is 0 Å². The maximum absolute atomic E-state index is 11.8. The van der Waals surface area contributed by atoms with Gasteiger partial charge in [-0.25, -0.2) is 0 Å². The Hall–Kier alpha value is -1.06. The van der Waals surface area contributed by atoms with E-state index in [9.17, 15) is 9.59 Å². The Labute approximate surface area is 96.4 Å². The molecule has 1 amide bonds. The molecule has 2 N–H and O–H groups in total. The van der Waals surface area contributed by atoms with Gasteiger partial charge in [-0.1, -0.05) is 20.3 Å². The third-order valence-corrected chi connectivity index (χ3v) is 3.31. The summed E-state index contributed by atoms with van der Waals surface area (Å²) in [6, 6.07) is -0.794. The number of carboxylic acid groups (broad SMARTS) is 1. The lowest BCUT2D eigenvalue weighted by Crippen LogP contribution is -2.43. The smallest absolute Gasteiger partial charge is 0.325 e. The van der Waals surface area contributed by atoms with E-state index in [1.54, 1.807) is 0 Å². The number of amides is 1. The second kappa shape index (κ2) is 4.85. The quantitative estimate of drug-likeness (QED) is 0.772. The molecule has 1 rings (SSSR count). The average molecular weight is 227 g/mol. The van der Waals surface area contributed by atoms with Gasteiger partial charge in [0.15, 0.2) is 0 Å². The van der Waals surface area contributed by atoms with Gasteiger partial charge in [0.1, 0.15) is 6.04 Å². The van der Waals surface area contributed by atoms with Gasteiger partial charge in [0.2, 0.25) is 5.91 Å². The number of carbonyl (C=O) groups is 2. The van der Waals surface area contributed by atoms with Crippen LogP contribution in [0.4, 0.5) is 0 Å². The van der Waals surface area contributed by atoms with Gasteiger partial charge in [-0.3, -0.25) is 9.59 Å². The standard InChI is InChI=1S/C12H21NO3/c1-8(11(15)16)13-10(14)9-5-4-6-12(2,3)7-9/h8-9H,4-7H2,1-3H3,(H,13,14)(H,15,16)/t8-,9?/m1/s1. The maximum Gasteiger partial charge on any atom is 0.325 e. The van der Waals surface area contributed by atoms with Crippen molar-refractivity contribution in [3.05, 3.63) is 0 Å². The minimum absolute atomic E-state index is 0.0226. The zero-order valence-corrected chi connectivity index (χ0v) is 10.2. The third kappa shape index (κ3) is 3.51. The van der Waals surface area contributed by atoms with E-state index < -0.39 is 12.0 Å². The highest BCUT2D eigenvalue weighted by molar-refractivity contribution is 5.84. The minimum Gasteiger partial charge on any atom is -0.480 e. The van der Waals surface area contributed by atoms with E-state index in [1.165, 1.54) is 6.92 Å². The summed E-state index contributed by atoms with van der Waals surface area (Å²) in [5.74, 6) is -1.11. The third-order valence-electron chi connectivity index (χ3n) is 3.31. The molecule has 4 nitrogen and oxygen atoms in total. The van der Waals surface area contributed by atoms with Crippen LogP contribution >= 0.6 is 0 Å². The second-order valence-corrected chi connectivity index (χ2v) is 5.53. The Morgan fingerprint density at radius 1 is 1.44 bits per heavy atom. The summed E-state index contributed by atoms with van der Waals surface area (Å²) in [4.78, 5) is 22.5. The van der Waals surface area contributed by atoms with Gasteiger partial charge < -0.3 is 10.4 Å². The molecule has 1 fully saturated rings. The van der Waals surface area contributed by atoms with Gasteiger partial charge in [-0.05, 0) is 31.6 Å². The zero-order valence-electron chi connectivity index (χ0n) is 10.2. The zero-order chi connectivity index (χ0) is 12.3. The second-order valence-electron chi connectivity index (χ2n) is 5.53. The molecule has 2 atom stereocenters.